The number of likely N-dealkylation sites (tertiary alicyclic amines) is 1. The molecule has 9 nitrogen and oxygen atoms in total. The number of nitrogens with two attached hydrogens (primary N) is 1. The molecule has 128 valence electrons. The Bertz CT molecular complexity index is 549. The average Bonchev–Trinajstić information content (AvgIpc) is 3.00. The Morgan fingerprint density at radius 3 is 2.57 bits per heavy atom. The second-order valence-corrected chi connectivity index (χ2v) is 6.43. The van der Waals surface area contributed by atoms with Crippen LogP contribution in [-0.4, -0.2) is 71.8 Å². The lowest BCUT2D eigenvalue weighted by Crippen LogP contribution is -2.51. The van der Waals surface area contributed by atoms with Crippen molar-refractivity contribution in [2.75, 3.05) is 26.7 Å². The van der Waals surface area contributed by atoms with E-state index in [0.29, 0.717) is 6.54 Å². The maximum atomic E-state index is 12.4. The molecule has 2 rings (SSSR count). The third kappa shape index (κ3) is 2.88. The minimum atomic E-state index is -1.21. The van der Waals surface area contributed by atoms with E-state index in [1.54, 1.807) is 0 Å². The smallest absolute Gasteiger partial charge is 0.324 e. The lowest BCUT2D eigenvalue weighted by Gasteiger charge is -2.27. The third-order valence-electron chi connectivity index (χ3n) is 4.41. The largest absolute Gasteiger partial charge is 0.354 e. The van der Waals surface area contributed by atoms with E-state index in [9.17, 15) is 19.2 Å². The highest BCUT2D eigenvalue weighted by Gasteiger charge is 2.60. The SMILES string of the molecule is CC(C)CNC(=O)[C@@H]1C[C@]2(CN1C(=O)CN)C(=O)NC(=O)N2C. The predicted octanol–water partition coefficient (Wildman–Crippen LogP) is -1.76. The van der Waals surface area contributed by atoms with Crippen molar-refractivity contribution in [2.45, 2.75) is 31.8 Å². The molecule has 2 saturated heterocycles. The number of nitrogens with one attached hydrogen (secondary N) is 2. The van der Waals surface area contributed by atoms with Crippen LogP contribution in [0.15, 0.2) is 0 Å². The summed E-state index contributed by atoms with van der Waals surface area (Å²) in [6.07, 6.45) is 0.0662. The topological polar surface area (TPSA) is 125 Å². The van der Waals surface area contributed by atoms with E-state index in [-0.39, 0.29) is 31.3 Å². The van der Waals surface area contributed by atoms with Gasteiger partial charge in [-0.3, -0.25) is 19.7 Å². The number of amides is 5. The van der Waals surface area contributed by atoms with Gasteiger partial charge in [-0.1, -0.05) is 13.8 Å². The van der Waals surface area contributed by atoms with Crippen molar-refractivity contribution in [1.82, 2.24) is 20.4 Å². The van der Waals surface area contributed by atoms with Crippen molar-refractivity contribution in [1.29, 1.82) is 0 Å². The van der Waals surface area contributed by atoms with Crippen LogP contribution in [0.25, 0.3) is 0 Å². The maximum absolute atomic E-state index is 12.4. The van der Waals surface area contributed by atoms with Crippen LogP contribution in [0.5, 0.6) is 0 Å². The van der Waals surface area contributed by atoms with Crippen LogP contribution in [0.4, 0.5) is 4.79 Å². The van der Waals surface area contributed by atoms with Crippen molar-refractivity contribution in [3.05, 3.63) is 0 Å². The molecule has 2 heterocycles. The van der Waals surface area contributed by atoms with Crippen molar-refractivity contribution >= 4 is 23.8 Å². The van der Waals surface area contributed by atoms with Gasteiger partial charge in [0.1, 0.15) is 11.6 Å². The number of rotatable bonds is 4. The molecule has 0 aromatic rings. The number of carbonyl (C=O) groups excluding carboxylic acids is 4. The number of urea groups is 1. The van der Waals surface area contributed by atoms with Crippen molar-refractivity contribution < 1.29 is 19.2 Å². The van der Waals surface area contributed by atoms with Gasteiger partial charge in [-0.25, -0.2) is 4.79 Å². The van der Waals surface area contributed by atoms with E-state index in [0.717, 1.165) is 0 Å². The van der Waals surface area contributed by atoms with E-state index < -0.39 is 29.4 Å². The van der Waals surface area contributed by atoms with Crippen LogP contribution in [0.3, 0.4) is 0 Å². The van der Waals surface area contributed by atoms with Crippen molar-refractivity contribution in [3.63, 3.8) is 0 Å². The molecule has 0 saturated carbocycles. The summed E-state index contributed by atoms with van der Waals surface area (Å²) in [4.78, 5) is 51.1. The van der Waals surface area contributed by atoms with E-state index in [1.807, 2.05) is 13.8 Å². The van der Waals surface area contributed by atoms with Gasteiger partial charge in [0.15, 0.2) is 0 Å². The summed E-state index contributed by atoms with van der Waals surface area (Å²) in [5, 5.41) is 5.01. The molecule has 2 aliphatic heterocycles. The van der Waals surface area contributed by atoms with Gasteiger partial charge in [0.2, 0.25) is 11.8 Å². The molecule has 4 N–H and O–H groups in total. The summed E-state index contributed by atoms with van der Waals surface area (Å²) in [5.74, 6) is -0.990. The summed E-state index contributed by atoms with van der Waals surface area (Å²) >= 11 is 0. The molecule has 1 spiro atoms. The van der Waals surface area contributed by atoms with Crippen LogP contribution < -0.4 is 16.4 Å². The van der Waals surface area contributed by atoms with Crippen LogP contribution in [0.2, 0.25) is 0 Å². The minimum Gasteiger partial charge on any atom is -0.354 e. The normalized spacial score (nSPS) is 27.1. The Morgan fingerprint density at radius 1 is 1.43 bits per heavy atom. The fourth-order valence-corrected chi connectivity index (χ4v) is 2.97. The van der Waals surface area contributed by atoms with Gasteiger partial charge in [-0.2, -0.15) is 0 Å². The Labute approximate surface area is 134 Å². The van der Waals surface area contributed by atoms with Crippen molar-refractivity contribution in [2.24, 2.45) is 11.7 Å². The number of likely N-dealkylation sites (N-methyl/N-ethyl adjacent to an activating group) is 1. The maximum Gasteiger partial charge on any atom is 0.324 e. The zero-order valence-electron chi connectivity index (χ0n) is 13.6. The van der Waals surface area contributed by atoms with E-state index in [4.69, 9.17) is 5.73 Å². The minimum absolute atomic E-state index is 0.0309. The first kappa shape index (κ1) is 17.2. The van der Waals surface area contributed by atoms with E-state index in [2.05, 4.69) is 10.6 Å². The molecule has 23 heavy (non-hydrogen) atoms. The second-order valence-electron chi connectivity index (χ2n) is 6.43. The Kier molecular flexibility index (Phi) is 4.60. The number of nitrogens with zero attached hydrogens (tertiary/aromatic N) is 2. The first-order valence-electron chi connectivity index (χ1n) is 7.59. The highest BCUT2D eigenvalue weighted by Crippen LogP contribution is 2.35. The van der Waals surface area contributed by atoms with Gasteiger partial charge in [0, 0.05) is 20.0 Å². The summed E-state index contributed by atoms with van der Waals surface area (Å²) in [6.45, 7) is 4.08. The number of carbonyl (C=O) groups is 4. The van der Waals surface area contributed by atoms with Gasteiger partial charge < -0.3 is 20.9 Å². The van der Waals surface area contributed by atoms with E-state index in [1.165, 1.54) is 16.8 Å². The third-order valence-corrected chi connectivity index (χ3v) is 4.41. The quantitative estimate of drug-likeness (QED) is 0.528. The standard InChI is InChI=1S/C14H23N5O4/c1-8(2)6-16-11(21)9-4-14(7-19(9)10(20)5-15)12(22)17-13(23)18(14)3/h8-9H,4-7,15H2,1-3H3,(H,16,21)(H,17,22,23)/t9-,14-/m0/s1. The molecule has 0 bridgehead atoms. The summed E-state index contributed by atoms with van der Waals surface area (Å²) in [6, 6.07) is -1.35. The second kappa shape index (κ2) is 6.15. The molecule has 0 aliphatic carbocycles. The summed E-state index contributed by atoms with van der Waals surface area (Å²) in [5.41, 5.74) is 4.21. The number of imide groups is 1. The zero-order chi connectivity index (χ0) is 17.4. The van der Waals surface area contributed by atoms with Crippen LogP contribution >= 0.6 is 0 Å². The molecule has 0 radical (unpaired) electrons. The Balaban J connectivity index is 2.26. The lowest BCUT2D eigenvalue weighted by atomic mass is 9.94. The molecule has 5 amide bonds. The molecular weight excluding hydrogens is 302 g/mol. The van der Waals surface area contributed by atoms with Crippen molar-refractivity contribution in [3.8, 4) is 0 Å². The van der Waals surface area contributed by atoms with Crippen LogP contribution in [-0.2, 0) is 14.4 Å². The lowest BCUT2D eigenvalue weighted by molar-refractivity contribution is -0.137. The molecular formula is C14H23N5O4. The van der Waals surface area contributed by atoms with Gasteiger partial charge in [0.05, 0.1) is 13.1 Å². The molecule has 0 unspecified atom stereocenters. The van der Waals surface area contributed by atoms with Crippen LogP contribution in [0, 0.1) is 5.92 Å². The summed E-state index contributed by atoms with van der Waals surface area (Å²) in [7, 11) is 1.49. The zero-order valence-corrected chi connectivity index (χ0v) is 13.6. The molecule has 9 heteroatoms. The average molecular weight is 325 g/mol. The first-order valence-corrected chi connectivity index (χ1v) is 7.59. The number of hydrogen-bond donors (Lipinski definition) is 3. The Hall–Kier alpha value is -2.16. The Morgan fingerprint density at radius 2 is 2.09 bits per heavy atom. The molecule has 0 aromatic heterocycles. The van der Waals surface area contributed by atoms with Crippen LogP contribution in [0.1, 0.15) is 20.3 Å². The highest BCUT2D eigenvalue weighted by atomic mass is 16.2. The molecule has 2 aliphatic rings. The fraction of sp³-hybridized carbons (Fsp3) is 0.714. The van der Waals surface area contributed by atoms with Gasteiger partial charge in [0.25, 0.3) is 5.91 Å². The molecule has 2 fully saturated rings. The predicted molar refractivity (Wildman–Crippen MR) is 81.1 cm³/mol. The van der Waals surface area contributed by atoms with Gasteiger partial charge in [-0.05, 0) is 5.92 Å². The van der Waals surface area contributed by atoms with Gasteiger partial charge >= 0.3 is 6.03 Å². The van der Waals surface area contributed by atoms with E-state index >= 15 is 0 Å². The monoisotopic (exact) mass is 325 g/mol. The number of hydrogen-bond acceptors (Lipinski definition) is 5. The first-order chi connectivity index (χ1) is 10.7. The highest BCUT2D eigenvalue weighted by molar-refractivity contribution is 6.08. The molecule has 0 aromatic carbocycles. The van der Waals surface area contributed by atoms with Gasteiger partial charge in [-0.15, -0.1) is 0 Å². The fourth-order valence-electron chi connectivity index (χ4n) is 2.97. The summed E-state index contributed by atoms with van der Waals surface area (Å²) < 4.78 is 0. The molecule has 2 atom stereocenters.